The predicted octanol–water partition coefficient (Wildman–Crippen LogP) is 2.98. The lowest BCUT2D eigenvalue weighted by atomic mass is 10.1. The molecule has 4 rings (SSSR count). The van der Waals surface area contributed by atoms with Gasteiger partial charge in [0.25, 0.3) is 0 Å². The first-order valence-electron chi connectivity index (χ1n) is 9.17. The fraction of sp³-hybridized carbons (Fsp3) is 0.400. The number of amides is 1. The van der Waals surface area contributed by atoms with Crippen LogP contribution < -0.4 is 0 Å². The molecule has 140 valence electrons. The van der Waals surface area contributed by atoms with E-state index in [1.807, 2.05) is 49.1 Å². The van der Waals surface area contributed by atoms with Gasteiger partial charge in [-0.2, -0.15) is 0 Å². The minimum atomic E-state index is 0.113. The number of likely N-dealkylation sites (tertiary alicyclic amines) is 1. The van der Waals surface area contributed by atoms with Crippen LogP contribution in [0, 0.1) is 19.8 Å². The van der Waals surface area contributed by atoms with Crippen LogP contribution in [0.15, 0.2) is 39.3 Å². The summed E-state index contributed by atoms with van der Waals surface area (Å²) in [4.78, 5) is 14.5. The fourth-order valence-corrected chi connectivity index (χ4v) is 3.52. The zero-order valence-electron chi connectivity index (χ0n) is 15.5. The largest absolute Gasteiger partial charge is 0.421 e. The average molecular weight is 366 g/mol. The summed E-state index contributed by atoms with van der Waals surface area (Å²) >= 11 is 0. The molecule has 0 bridgehead atoms. The van der Waals surface area contributed by atoms with Crippen molar-refractivity contribution in [2.24, 2.45) is 5.92 Å². The molecule has 27 heavy (non-hydrogen) atoms. The van der Waals surface area contributed by atoms with Gasteiger partial charge in [-0.1, -0.05) is 23.4 Å². The van der Waals surface area contributed by atoms with Gasteiger partial charge in [0.2, 0.25) is 17.7 Å². The van der Waals surface area contributed by atoms with Crippen molar-refractivity contribution >= 4 is 5.91 Å². The second kappa shape index (κ2) is 7.34. The first-order valence-corrected chi connectivity index (χ1v) is 9.17. The van der Waals surface area contributed by atoms with Gasteiger partial charge >= 0.3 is 0 Å². The lowest BCUT2D eigenvalue weighted by Crippen LogP contribution is -2.30. The molecule has 1 atom stereocenters. The molecular formula is C20H22N4O3. The van der Waals surface area contributed by atoms with Crippen LogP contribution in [0.25, 0.3) is 11.5 Å². The van der Waals surface area contributed by atoms with E-state index in [0.29, 0.717) is 37.1 Å². The second-order valence-electron chi connectivity index (χ2n) is 7.05. The van der Waals surface area contributed by atoms with Gasteiger partial charge in [-0.3, -0.25) is 4.79 Å². The van der Waals surface area contributed by atoms with Gasteiger partial charge in [-0.25, -0.2) is 0 Å². The number of benzene rings is 1. The van der Waals surface area contributed by atoms with E-state index >= 15 is 0 Å². The van der Waals surface area contributed by atoms with Crippen molar-refractivity contribution < 1.29 is 13.7 Å². The van der Waals surface area contributed by atoms with E-state index in [1.165, 1.54) is 0 Å². The normalized spacial score (nSPS) is 16.8. The van der Waals surface area contributed by atoms with E-state index in [-0.39, 0.29) is 5.91 Å². The van der Waals surface area contributed by atoms with Gasteiger partial charge in [-0.15, -0.1) is 10.2 Å². The molecule has 0 saturated carbocycles. The summed E-state index contributed by atoms with van der Waals surface area (Å²) in [7, 11) is 0. The van der Waals surface area contributed by atoms with E-state index in [0.717, 1.165) is 35.5 Å². The van der Waals surface area contributed by atoms with Gasteiger partial charge in [0, 0.05) is 30.6 Å². The van der Waals surface area contributed by atoms with E-state index < -0.39 is 0 Å². The van der Waals surface area contributed by atoms with Crippen LogP contribution in [0.1, 0.15) is 29.3 Å². The maximum atomic E-state index is 12.6. The molecule has 2 aromatic heterocycles. The zero-order chi connectivity index (χ0) is 18.8. The minimum Gasteiger partial charge on any atom is -0.421 e. The molecule has 0 aliphatic carbocycles. The lowest BCUT2D eigenvalue weighted by Gasteiger charge is -2.16. The Kier molecular flexibility index (Phi) is 4.75. The average Bonchev–Trinajstić information content (AvgIpc) is 3.40. The molecule has 0 N–H and O–H groups in total. The molecule has 7 nitrogen and oxygen atoms in total. The molecule has 1 aliphatic rings. The van der Waals surface area contributed by atoms with Crippen molar-refractivity contribution in [3.8, 4) is 11.5 Å². The Labute approximate surface area is 157 Å². The van der Waals surface area contributed by atoms with E-state index in [4.69, 9.17) is 8.94 Å². The summed E-state index contributed by atoms with van der Waals surface area (Å²) in [6.07, 6.45) is 1.97. The molecule has 0 spiro atoms. The highest BCUT2D eigenvalue weighted by Crippen LogP contribution is 2.24. The first-order chi connectivity index (χ1) is 13.1. The van der Waals surface area contributed by atoms with Gasteiger partial charge in [0.1, 0.15) is 5.76 Å². The minimum absolute atomic E-state index is 0.113. The number of carbonyl (C=O) groups is 1. The predicted molar refractivity (Wildman–Crippen MR) is 97.8 cm³/mol. The van der Waals surface area contributed by atoms with Crippen LogP contribution in [0.5, 0.6) is 0 Å². The number of aromatic nitrogens is 3. The molecular weight excluding hydrogens is 344 g/mol. The highest BCUT2D eigenvalue weighted by atomic mass is 16.5. The molecule has 3 heterocycles. The Balaban J connectivity index is 1.35. The number of nitrogens with zero attached hydrogens (tertiary/aromatic N) is 4. The molecule has 1 fully saturated rings. The Morgan fingerprint density at radius 3 is 2.78 bits per heavy atom. The van der Waals surface area contributed by atoms with Crippen LogP contribution in [-0.2, 0) is 17.6 Å². The Morgan fingerprint density at radius 1 is 1.22 bits per heavy atom. The third-order valence-electron chi connectivity index (χ3n) is 5.10. The highest BCUT2D eigenvalue weighted by molar-refractivity contribution is 5.79. The molecule has 1 amide bonds. The van der Waals surface area contributed by atoms with Crippen molar-refractivity contribution in [3.05, 3.63) is 53.2 Å². The maximum absolute atomic E-state index is 12.6. The van der Waals surface area contributed by atoms with Crippen LogP contribution in [0.4, 0.5) is 0 Å². The Hall–Kier alpha value is -2.96. The quantitative estimate of drug-likeness (QED) is 0.690. The summed E-state index contributed by atoms with van der Waals surface area (Å²) in [6.45, 7) is 5.18. The van der Waals surface area contributed by atoms with E-state index in [1.54, 1.807) is 0 Å². The van der Waals surface area contributed by atoms with E-state index in [2.05, 4.69) is 15.4 Å². The van der Waals surface area contributed by atoms with Gasteiger partial charge in [-0.05, 0) is 38.3 Å². The Bertz CT molecular complexity index is 912. The molecule has 1 aromatic carbocycles. The number of hydrogen-bond donors (Lipinski definition) is 0. The monoisotopic (exact) mass is 366 g/mol. The third kappa shape index (κ3) is 3.77. The number of rotatable bonds is 5. The van der Waals surface area contributed by atoms with Crippen molar-refractivity contribution in [2.75, 3.05) is 13.1 Å². The lowest BCUT2D eigenvalue weighted by molar-refractivity contribution is -0.129. The number of carbonyl (C=O) groups excluding carboxylic acids is 1. The molecule has 1 saturated heterocycles. The smallest absolute Gasteiger partial charge is 0.247 e. The third-order valence-corrected chi connectivity index (χ3v) is 5.10. The van der Waals surface area contributed by atoms with Crippen LogP contribution in [0.3, 0.4) is 0 Å². The summed E-state index contributed by atoms with van der Waals surface area (Å²) in [6, 6.07) is 9.73. The molecule has 3 aromatic rings. The zero-order valence-corrected chi connectivity index (χ0v) is 15.5. The van der Waals surface area contributed by atoms with Crippen molar-refractivity contribution in [1.82, 2.24) is 20.3 Å². The second-order valence-corrected chi connectivity index (χ2v) is 7.05. The number of hydrogen-bond acceptors (Lipinski definition) is 6. The summed E-state index contributed by atoms with van der Waals surface area (Å²) in [5.74, 6) is 2.33. The fourth-order valence-electron chi connectivity index (χ4n) is 3.52. The van der Waals surface area contributed by atoms with Crippen molar-refractivity contribution in [1.29, 1.82) is 0 Å². The van der Waals surface area contributed by atoms with Gasteiger partial charge in [0.15, 0.2) is 0 Å². The molecule has 7 heteroatoms. The number of aryl methyl sites for hydroxylation is 2. The van der Waals surface area contributed by atoms with Crippen LogP contribution in [-0.4, -0.2) is 39.3 Å². The summed E-state index contributed by atoms with van der Waals surface area (Å²) in [5.41, 5.74) is 2.60. The van der Waals surface area contributed by atoms with Crippen LogP contribution >= 0.6 is 0 Å². The van der Waals surface area contributed by atoms with Gasteiger partial charge in [0.05, 0.1) is 12.1 Å². The first kappa shape index (κ1) is 17.5. The van der Waals surface area contributed by atoms with E-state index in [9.17, 15) is 4.79 Å². The van der Waals surface area contributed by atoms with Gasteiger partial charge < -0.3 is 13.8 Å². The van der Waals surface area contributed by atoms with Crippen LogP contribution in [0.2, 0.25) is 0 Å². The molecule has 1 aliphatic heterocycles. The topological polar surface area (TPSA) is 85.3 Å². The SMILES string of the molecule is Cc1noc(C)c1CC(=O)N1CCC(Cc2nnc(-c3ccccc3)o2)C1. The summed E-state index contributed by atoms with van der Waals surface area (Å²) in [5, 5.41) is 12.2. The molecule has 1 unspecified atom stereocenters. The highest BCUT2D eigenvalue weighted by Gasteiger charge is 2.28. The standard InChI is InChI=1S/C20H22N4O3/c1-13-17(14(2)27-23-13)11-19(25)24-9-8-15(12-24)10-18-21-22-20(26-18)16-6-4-3-5-7-16/h3-7,15H,8-12H2,1-2H3. The van der Waals surface area contributed by atoms with Crippen molar-refractivity contribution in [3.63, 3.8) is 0 Å². The van der Waals surface area contributed by atoms with Crippen molar-refractivity contribution in [2.45, 2.75) is 33.1 Å². The molecule has 0 radical (unpaired) electrons. The maximum Gasteiger partial charge on any atom is 0.247 e. The Morgan fingerprint density at radius 2 is 2.04 bits per heavy atom. The summed E-state index contributed by atoms with van der Waals surface area (Å²) < 4.78 is 10.9.